The first-order valence-corrected chi connectivity index (χ1v) is 7.09. The molecule has 0 saturated carbocycles. The number of anilines is 1. The van der Waals surface area contributed by atoms with Gasteiger partial charge in [-0.2, -0.15) is 5.10 Å². The number of ether oxygens (including phenoxy) is 1. The molecule has 0 bridgehead atoms. The van der Waals surface area contributed by atoms with Crippen LogP contribution in [0.15, 0.2) is 29.4 Å². The van der Waals surface area contributed by atoms with Crippen molar-refractivity contribution in [3.05, 3.63) is 24.3 Å². The van der Waals surface area contributed by atoms with Gasteiger partial charge < -0.3 is 15.4 Å². The van der Waals surface area contributed by atoms with E-state index >= 15 is 0 Å². The molecular weight excluding hydrogens is 288 g/mol. The lowest BCUT2D eigenvalue weighted by Crippen LogP contribution is -2.40. The zero-order valence-electron chi connectivity index (χ0n) is 11.8. The van der Waals surface area contributed by atoms with Crippen molar-refractivity contribution in [2.24, 2.45) is 10.8 Å². The number of nitrogens with zero attached hydrogens (tertiary/aromatic N) is 2. The highest BCUT2D eigenvalue weighted by molar-refractivity contribution is 7.82. The molecule has 1 amide bonds. The quantitative estimate of drug-likeness (QED) is 0.488. The summed E-state index contributed by atoms with van der Waals surface area (Å²) in [6, 6.07) is 7.17. The molecule has 1 aromatic rings. The maximum atomic E-state index is 12.3. The zero-order valence-corrected chi connectivity index (χ0v) is 12.7. The predicted octanol–water partition coefficient (Wildman–Crippen LogP) is 1.37. The minimum Gasteiger partial charge on any atom is -0.497 e. The Morgan fingerprint density at radius 3 is 2.48 bits per heavy atom. The Kier molecular flexibility index (Phi) is 5.10. The van der Waals surface area contributed by atoms with Crippen molar-refractivity contribution in [2.75, 3.05) is 25.6 Å². The third-order valence-electron chi connectivity index (χ3n) is 3.22. The standard InChI is InChI=1S/C14H18N4O2S/c1-20-11-6-4-10(5-7-11)16-17-12(13(15)21)14(19)18-8-2-3-9-18/h4-7,16H,2-3,8-9H2,1H3,(H2,15,21). The Balaban J connectivity index is 2.09. The molecule has 0 radical (unpaired) electrons. The second-order valence-corrected chi connectivity index (χ2v) is 5.10. The van der Waals surface area contributed by atoms with Crippen LogP contribution in [0.4, 0.5) is 5.69 Å². The highest BCUT2D eigenvalue weighted by Gasteiger charge is 2.24. The summed E-state index contributed by atoms with van der Waals surface area (Å²) in [5, 5.41) is 4.06. The summed E-state index contributed by atoms with van der Waals surface area (Å²) in [4.78, 5) is 14.0. The van der Waals surface area contributed by atoms with E-state index in [0.717, 1.165) is 37.4 Å². The van der Waals surface area contributed by atoms with Gasteiger partial charge in [0.2, 0.25) is 0 Å². The number of hydrazone groups is 1. The van der Waals surface area contributed by atoms with Crippen LogP contribution in [0.1, 0.15) is 12.8 Å². The van der Waals surface area contributed by atoms with Gasteiger partial charge in [0.15, 0.2) is 5.71 Å². The van der Waals surface area contributed by atoms with Crippen LogP contribution in [-0.4, -0.2) is 41.7 Å². The molecular formula is C14H18N4O2S. The third-order valence-corrected chi connectivity index (χ3v) is 3.41. The van der Waals surface area contributed by atoms with E-state index in [1.807, 2.05) is 0 Å². The summed E-state index contributed by atoms with van der Waals surface area (Å²) >= 11 is 4.92. The van der Waals surface area contributed by atoms with Gasteiger partial charge in [-0.05, 0) is 37.1 Å². The van der Waals surface area contributed by atoms with E-state index in [9.17, 15) is 4.79 Å². The lowest BCUT2D eigenvalue weighted by molar-refractivity contribution is -0.122. The summed E-state index contributed by atoms with van der Waals surface area (Å²) in [7, 11) is 1.60. The van der Waals surface area contributed by atoms with Crippen molar-refractivity contribution >= 4 is 34.5 Å². The van der Waals surface area contributed by atoms with Crippen LogP contribution >= 0.6 is 12.2 Å². The SMILES string of the molecule is COc1ccc(NN=C(C(=O)N2CCCC2)C(N)=S)cc1. The van der Waals surface area contributed by atoms with Crippen LogP contribution in [0, 0.1) is 0 Å². The van der Waals surface area contributed by atoms with Crippen LogP contribution in [-0.2, 0) is 4.79 Å². The normalized spacial score (nSPS) is 14.9. The van der Waals surface area contributed by atoms with Crippen LogP contribution < -0.4 is 15.9 Å². The minimum absolute atomic E-state index is 0.00656. The summed E-state index contributed by atoms with van der Waals surface area (Å²) in [5.74, 6) is 0.522. The largest absolute Gasteiger partial charge is 0.497 e. The van der Waals surface area contributed by atoms with Crippen LogP contribution in [0.3, 0.4) is 0 Å². The third kappa shape index (κ3) is 3.91. The minimum atomic E-state index is -0.221. The molecule has 112 valence electrons. The van der Waals surface area contributed by atoms with Gasteiger partial charge in [0.1, 0.15) is 10.7 Å². The topological polar surface area (TPSA) is 80.0 Å². The summed E-state index contributed by atoms with van der Waals surface area (Å²) in [6.45, 7) is 1.45. The molecule has 3 N–H and O–H groups in total. The maximum absolute atomic E-state index is 12.3. The first kappa shape index (κ1) is 15.2. The number of hydrogen-bond acceptors (Lipinski definition) is 5. The molecule has 6 nitrogen and oxygen atoms in total. The molecule has 0 atom stereocenters. The number of nitrogens with one attached hydrogen (secondary N) is 1. The fraction of sp³-hybridized carbons (Fsp3) is 0.357. The van der Waals surface area contributed by atoms with Crippen molar-refractivity contribution < 1.29 is 9.53 Å². The number of methoxy groups -OCH3 is 1. The van der Waals surface area contributed by atoms with Crippen LogP contribution in [0.5, 0.6) is 5.75 Å². The first-order chi connectivity index (χ1) is 10.1. The number of amides is 1. The number of likely N-dealkylation sites (tertiary alicyclic amines) is 1. The first-order valence-electron chi connectivity index (χ1n) is 6.68. The van der Waals surface area contributed by atoms with Gasteiger partial charge >= 0.3 is 0 Å². The van der Waals surface area contributed by atoms with E-state index in [2.05, 4.69) is 10.5 Å². The predicted molar refractivity (Wildman–Crippen MR) is 86.7 cm³/mol. The Hall–Kier alpha value is -2.15. The fourth-order valence-corrected chi connectivity index (χ4v) is 2.20. The smallest absolute Gasteiger partial charge is 0.277 e. The number of hydrogen-bond donors (Lipinski definition) is 2. The van der Waals surface area contributed by atoms with Crippen LogP contribution in [0.25, 0.3) is 0 Å². The van der Waals surface area contributed by atoms with Gasteiger partial charge in [-0.15, -0.1) is 0 Å². The van der Waals surface area contributed by atoms with Crippen LogP contribution in [0.2, 0.25) is 0 Å². The average molecular weight is 306 g/mol. The molecule has 0 spiro atoms. The van der Waals surface area contributed by atoms with Gasteiger partial charge in [0.05, 0.1) is 12.8 Å². The van der Waals surface area contributed by atoms with E-state index in [-0.39, 0.29) is 16.6 Å². The number of carbonyl (C=O) groups excluding carboxylic acids is 1. The molecule has 1 fully saturated rings. The molecule has 1 aromatic carbocycles. The van der Waals surface area contributed by atoms with E-state index < -0.39 is 0 Å². The summed E-state index contributed by atoms with van der Waals surface area (Å²) < 4.78 is 5.07. The Morgan fingerprint density at radius 1 is 1.33 bits per heavy atom. The maximum Gasteiger partial charge on any atom is 0.277 e. The Labute approximate surface area is 128 Å². The van der Waals surface area contributed by atoms with E-state index in [4.69, 9.17) is 22.7 Å². The van der Waals surface area contributed by atoms with Gasteiger partial charge in [-0.3, -0.25) is 10.2 Å². The zero-order chi connectivity index (χ0) is 15.2. The Bertz CT molecular complexity index is 551. The molecule has 2 rings (SSSR count). The van der Waals surface area contributed by atoms with Crippen molar-refractivity contribution in [3.8, 4) is 5.75 Å². The lowest BCUT2D eigenvalue weighted by Gasteiger charge is -2.16. The number of rotatable bonds is 5. The van der Waals surface area contributed by atoms with Gasteiger partial charge in [0, 0.05) is 13.1 Å². The average Bonchev–Trinajstić information content (AvgIpc) is 3.02. The second kappa shape index (κ2) is 7.03. The number of thiocarbonyl (C=S) groups is 1. The van der Waals surface area contributed by atoms with Crippen molar-refractivity contribution in [3.63, 3.8) is 0 Å². The number of nitrogens with two attached hydrogens (primary N) is 1. The molecule has 7 heteroatoms. The molecule has 1 aliphatic rings. The van der Waals surface area contributed by atoms with Gasteiger partial charge in [-0.25, -0.2) is 0 Å². The van der Waals surface area contributed by atoms with E-state index in [1.54, 1.807) is 36.3 Å². The number of benzene rings is 1. The lowest BCUT2D eigenvalue weighted by atomic mass is 10.3. The molecule has 1 saturated heterocycles. The molecule has 21 heavy (non-hydrogen) atoms. The molecule has 1 aliphatic heterocycles. The summed E-state index contributed by atoms with van der Waals surface area (Å²) in [6.07, 6.45) is 2.00. The van der Waals surface area contributed by atoms with E-state index in [1.165, 1.54) is 0 Å². The molecule has 0 aliphatic carbocycles. The highest BCUT2D eigenvalue weighted by Crippen LogP contribution is 2.15. The Morgan fingerprint density at radius 2 is 1.95 bits per heavy atom. The van der Waals surface area contributed by atoms with Crippen molar-refractivity contribution in [2.45, 2.75) is 12.8 Å². The monoisotopic (exact) mass is 306 g/mol. The van der Waals surface area contributed by atoms with E-state index in [0.29, 0.717) is 0 Å². The summed E-state index contributed by atoms with van der Waals surface area (Å²) in [5.41, 5.74) is 9.21. The molecule has 0 unspecified atom stereocenters. The highest BCUT2D eigenvalue weighted by atomic mass is 32.1. The number of carbonyl (C=O) groups is 1. The molecule has 1 heterocycles. The van der Waals surface area contributed by atoms with Gasteiger partial charge in [0.25, 0.3) is 5.91 Å². The van der Waals surface area contributed by atoms with Gasteiger partial charge in [-0.1, -0.05) is 12.2 Å². The van der Waals surface area contributed by atoms with Crippen molar-refractivity contribution in [1.82, 2.24) is 4.90 Å². The second-order valence-electron chi connectivity index (χ2n) is 4.66. The fourth-order valence-electron chi connectivity index (χ4n) is 2.06. The van der Waals surface area contributed by atoms with Crippen molar-refractivity contribution in [1.29, 1.82) is 0 Å². The molecule has 0 aromatic heterocycles.